The number of nitrogens with zero attached hydrogens (tertiary/aromatic N) is 1. The zero-order chi connectivity index (χ0) is 20.5. The van der Waals surface area contributed by atoms with Gasteiger partial charge in [-0.1, -0.05) is 17.7 Å². The average Bonchev–Trinajstić information content (AvgIpc) is 2.70. The van der Waals surface area contributed by atoms with Gasteiger partial charge in [-0.15, -0.1) is 0 Å². The second-order valence-electron chi connectivity index (χ2n) is 5.90. The van der Waals surface area contributed by atoms with Crippen molar-refractivity contribution in [3.63, 3.8) is 0 Å². The van der Waals surface area contributed by atoms with Crippen LogP contribution in [-0.2, 0) is 4.79 Å². The number of methoxy groups -OCH3 is 2. The fourth-order valence-corrected chi connectivity index (χ4v) is 2.65. The molecule has 0 atom stereocenters. The lowest BCUT2D eigenvalue weighted by molar-refractivity contribution is -0.116. The number of aliphatic imine (C=N–C) groups is 1. The van der Waals surface area contributed by atoms with Crippen LogP contribution in [-0.4, -0.2) is 39.7 Å². The molecule has 0 fully saturated rings. The van der Waals surface area contributed by atoms with Crippen molar-refractivity contribution >= 4 is 34.8 Å². The van der Waals surface area contributed by atoms with E-state index in [0.717, 1.165) is 11.3 Å². The molecule has 0 radical (unpaired) electrons. The third-order valence-corrected chi connectivity index (χ3v) is 4.47. The van der Waals surface area contributed by atoms with Crippen LogP contribution >= 0.6 is 11.6 Å². The molecular formula is C20H25ClN4O3. The van der Waals surface area contributed by atoms with Gasteiger partial charge in [-0.25, -0.2) is 0 Å². The van der Waals surface area contributed by atoms with Crippen molar-refractivity contribution in [2.24, 2.45) is 4.99 Å². The number of rotatable bonds is 7. The molecule has 0 spiro atoms. The smallest absolute Gasteiger partial charge is 0.226 e. The van der Waals surface area contributed by atoms with Crippen molar-refractivity contribution in [1.82, 2.24) is 5.32 Å². The molecule has 0 bridgehead atoms. The summed E-state index contributed by atoms with van der Waals surface area (Å²) in [5.74, 6) is 1.68. The fourth-order valence-electron chi connectivity index (χ4n) is 2.48. The molecule has 2 aromatic carbocycles. The van der Waals surface area contributed by atoms with E-state index in [4.69, 9.17) is 21.1 Å². The zero-order valence-corrected chi connectivity index (χ0v) is 17.2. The van der Waals surface area contributed by atoms with Gasteiger partial charge in [0.15, 0.2) is 17.5 Å². The Kier molecular flexibility index (Phi) is 7.95. The molecule has 0 unspecified atom stereocenters. The number of hydrogen-bond donors (Lipinski definition) is 3. The van der Waals surface area contributed by atoms with Gasteiger partial charge in [0.1, 0.15) is 0 Å². The van der Waals surface area contributed by atoms with Gasteiger partial charge in [0.25, 0.3) is 0 Å². The standard InChI is InChI=1S/C20H25ClN4O3/c1-13-15(21)6-5-7-16(13)25-19(26)10-11-23-20(22-2)24-14-8-9-17(27-3)18(12-14)28-4/h5-9,12H,10-11H2,1-4H3,(H,25,26)(H2,22,23,24). The lowest BCUT2D eigenvalue weighted by Crippen LogP contribution is -2.33. The summed E-state index contributed by atoms with van der Waals surface area (Å²) >= 11 is 6.08. The Morgan fingerprint density at radius 3 is 2.54 bits per heavy atom. The number of hydrogen-bond acceptors (Lipinski definition) is 4. The monoisotopic (exact) mass is 404 g/mol. The third-order valence-electron chi connectivity index (χ3n) is 4.06. The molecule has 2 rings (SSSR count). The summed E-state index contributed by atoms with van der Waals surface area (Å²) in [5, 5.41) is 9.74. The van der Waals surface area contributed by atoms with Gasteiger partial charge in [-0.2, -0.15) is 0 Å². The zero-order valence-electron chi connectivity index (χ0n) is 16.4. The molecular weight excluding hydrogens is 380 g/mol. The van der Waals surface area contributed by atoms with E-state index in [9.17, 15) is 4.79 Å². The van der Waals surface area contributed by atoms with Crippen LogP contribution in [0.2, 0.25) is 5.02 Å². The SMILES string of the molecule is CN=C(NCCC(=O)Nc1cccc(Cl)c1C)Nc1ccc(OC)c(OC)c1. The molecule has 0 aliphatic carbocycles. The summed E-state index contributed by atoms with van der Waals surface area (Å²) < 4.78 is 10.5. The molecule has 0 aromatic heterocycles. The molecule has 0 heterocycles. The Morgan fingerprint density at radius 1 is 1.11 bits per heavy atom. The normalized spacial score (nSPS) is 11.0. The molecule has 150 valence electrons. The molecule has 0 saturated heterocycles. The van der Waals surface area contributed by atoms with Gasteiger partial charge in [-0.3, -0.25) is 9.79 Å². The molecule has 28 heavy (non-hydrogen) atoms. The number of ether oxygens (including phenoxy) is 2. The molecule has 0 aliphatic rings. The van der Waals surface area contributed by atoms with Gasteiger partial charge >= 0.3 is 0 Å². The van der Waals surface area contributed by atoms with E-state index in [1.54, 1.807) is 45.5 Å². The molecule has 2 aromatic rings. The van der Waals surface area contributed by atoms with E-state index >= 15 is 0 Å². The van der Waals surface area contributed by atoms with E-state index in [-0.39, 0.29) is 12.3 Å². The fraction of sp³-hybridized carbons (Fsp3) is 0.300. The summed E-state index contributed by atoms with van der Waals surface area (Å²) in [6.45, 7) is 2.28. The molecule has 1 amide bonds. The minimum atomic E-state index is -0.112. The number of halogens is 1. The van der Waals surface area contributed by atoms with Crippen LogP contribution in [0.1, 0.15) is 12.0 Å². The Hall–Kier alpha value is -2.93. The van der Waals surface area contributed by atoms with Crippen LogP contribution in [0, 0.1) is 6.92 Å². The first-order valence-corrected chi connectivity index (χ1v) is 9.11. The van der Waals surface area contributed by atoms with E-state index < -0.39 is 0 Å². The first kappa shape index (κ1) is 21.4. The number of carbonyl (C=O) groups is 1. The Bertz CT molecular complexity index is 855. The van der Waals surface area contributed by atoms with Gasteiger partial charge < -0.3 is 25.4 Å². The summed E-state index contributed by atoms with van der Waals surface area (Å²) in [6, 6.07) is 10.9. The molecule has 8 heteroatoms. The maximum absolute atomic E-state index is 12.2. The maximum Gasteiger partial charge on any atom is 0.226 e. The van der Waals surface area contributed by atoms with E-state index in [1.807, 2.05) is 19.1 Å². The molecule has 0 aliphatic heterocycles. The van der Waals surface area contributed by atoms with Crippen LogP contribution in [0.5, 0.6) is 11.5 Å². The van der Waals surface area contributed by atoms with Gasteiger partial charge in [0, 0.05) is 42.5 Å². The maximum atomic E-state index is 12.2. The number of nitrogens with one attached hydrogen (secondary N) is 3. The summed E-state index contributed by atoms with van der Waals surface area (Å²) in [6.07, 6.45) is 0.276. The predicted molar refractivity (Wildman–Crippen MR) is 114 cm³/mol. The van der Waals surface area contributed by atoms with E-state index in [0.29, 0.717) is 34.7 Å². The number of benzene rings is 2. The lowest BCUT2D eigenvalue weighted by atomic mass is 10.2. The van der Waals surface area contributed by atoms with Crippen LogP contribution in [0.4, 0.5) is 11.4 Å². The molecule has 7 nitrogen and oxygen atoms in total. The quantitative estimate of drug-likeness (QED) is 0.484. The Morgan fingerprint density at radius 2 is 1.86 bits per heavy atom. The van der Waals surface area contributed by atoms with Crippen molar-refractivity contribution in [1.29, 1.82) is 0 Å². The third kappa shape index (κ3) is 5.79. The second kappa shape index (κ2) is 10.4. The first-order valence-electron chi connectivity index (χ1n) is 8.73. The topological polar surface area (TPSA) is 84.0 Å². The highest BCUT2D eigenvalue weighted by Crippen LogP contribution is 2.29. The van der Waals surface area contributed by atoms with Gasteiger partial charge in [0.05, 0.1) is 14.2 Å². The van der Waals surface area contributed by atoms with Crippen LogP contribution in [0.25, 0.3) is 0 Å². The largest absolute Gasteiger partial charge is 0.493 e. The van der Waals surface area contributed by atoms with Crippen molar-refractivity contribution in [3.8, 4) is 11.5 Å². The molecule has 0 saturated carbocycles. The van der Waals surface area contributed by atoms with Crippen molar-refractivity contribution in [3.05, 3.63) is 47.0 Å². The van der Waals surface area contributed by atoms with Crippen molar-refractivity contribution in [2.75, 3.05) is 38.4 Å². The van der Waals surface area contributed by atoms with Crippen LogP contribution < -0.4 is 25.4 Å². The average molecular weight is 405 g/mol. The summed E-state index contributed by atoms with van der Waals surface area (Å²) in [7, 11) is 4.82. The van der Waals surface area contributed by atoms with Gasteiger partial charge in [0.2, 0.25) is 5.91 Å². The predicted octanol–water partition coefficient (Wildman–Crippen LogP) is 3.68. The van der Waals surface area contributed by atoms with Gasteiger partial charge in [-0.05, 0) is 36.8 Å². The van der Waals surface area contributed by atoms with Crippen molar-refractivity contribution in [2.45, 2.75) is 13.3 Å². The second-order valence-corrected chi connectivity index (χ2v) is 6.31. The van der Waals surface area contributed by atoms with E-state index in [1.165, 1.54) is 0 Å². The number of amides is 1. The van der Waals surface area contributed by atoms with Crippen molar-refractivity contribution < 1.29 is 14.3 Å². The number of anilines is 2. The Labute approximate surface area is 170 Å². The summed E-state index contributed by atoms with van der Waals surface area (Å²) in [5.41, 5.74) is 2.34. The highest BCUT2D eigenvalue weighted by atomic mass is 35.5. The van der Waals surface area contributed by atoms with E-state index in [2.05, 4.69) is 20.9 Å². The highest BCUT2D eigenvalue weighted by Gasteiger charge is 2.09. The Balaban J connectivity index is 1.87. The highest BCUT2D eigenvalue weighted by molar-refractivity contribution is 6.31. The minimum absolute atomic E-state index is 0.112. The first-order chi connectivity index (χ1) is 13.5. The summed E-state index contributed by atoms with van der Waals surface area (Å²) in [4.78, 5) is 16.3. The number of carbonyl (C=O) groups excluding carboxylic acids is 1. The molecule has 3 N–H and O–H groups in total. The number of guanidine groups is 1. The minimum Gasteiger partial charge on any atom is -0.493 e. The lowest BCUT2D eigenvalue weighted by Gasteiger charge is -2.14. The van der Waals surface area contributed by atoms with Crippen LogP contribution in [0.3, 0.4) is 0 Å². The van der Waals surface area contributed by atoms with Crippen LogP contribution in [0.15, 0.2) is 41.4 Å².